The van der Waals surface area contributed by atoms with Crippen LogP contribution in [0, 0.1) is 5.41 Å². The summed E-state index contributed by atoms with van der Waals surface area (Å²) < 4.78 is 5.30. The van der Waals surface area contributed by atoms with Crippen LogP contribution in [0.3, 0.4) is 0 Å². The fourth-order valence-electron chi connectivity index (χ4n) is 1.68. The van der Waals surface area contributed by atoms with Crippen LogP contribution in [-0.2, 0) is 11.2 Å². The number of amidine groups is 1. The zero-order valence-electron chi connectivity index (χ0n) is 9.32. The lowest BCUT2D eigenvalue weighted by atomic mass is 10.3. The van der Waals surface area contributed by atoms with E-state index < -0.39 is 0 Å². The number of aromatic nitrogens is 1. The molecule has 0 radical (unpaired) electrons. The number of anilines is 1. The number of nitrogens with two attached hydrogens (primary N) is 1. The third-order valence-corrected chi connectivity index (χ3v) is 3.74. The monoisotopic (exact) mass is 240 g/mol. The zero-order chi connectivity index (χ0) is 11.5. The second kappa shape index (κ2) is 4.80. The normalized spacial score (nSPS) is 16.4. The number of ether oxygens (including phenoxy) is 1. The molecule has 0 unspecified atom stereocenters. The molecule has 88 valence electrons. The molecule has 16 heavy (non-hydrogen) atoms. The van der Waals surface area contributed by atoms with Crippen LogP contribution in [0.1, 0.15) is 17.5 Å². The van der Waals surface area contributed by atoms with Crippen molar-refractivity contribution >= 4 is 22.3 Å². The summed E-state index contributed by atoms with van der Waals surface area (Å²) in [4.78, 5) is 7.55. The lowest BCUT2D eigenvalue weighted by Gasteiger charge is -2.26. The summed E-state index contributed by atoms with van der Waals surface area (Å²) >= 11 is 1.51. The summed E-state index contributed by atoms with van der Waals surface area (Å²) in [5.74, 6) is 0.119. The van der Waals surface area contributed by atoms with Crippen LogP contribution in [0.25, 0.3) is 0 Å². The lowest BCUT2D eigenvalue weighted by Crippen LogP contribution is -2.36. The summed E-state index contributed by atoms with van der Waals surface area (Å²) in [7, 11) is 0. The Morgan fingerprint density at radius 3 is 2.75 bits per heavy atom. The second-order valence-corrected chi connectivity index (χ2v) is 4.62. The van der Waals surface area contributed by atoms with Crippen LogP contribution in [0.5, 0.6) is 0 Å². The van der Waals surface area contributed by atoms with Crippen LogP contribution in [-0.4, -0.2) is 37.1 Å². The lowest BCUT2D eigenvalue weighted by molar-refractivity contribution is 0.122. The molecule has 0 aliphatic carbocycles. The van der Waals surface area contributed by atoms with Crippen LogP contribution >= 0.6 is 11.3 Å². The van der Waals surface area contributed by atoms with E-state index in [9.17, 15) is 0 Å². The molecule has 0 atom stereocenters. The number of nitrogens with zero attached hydrogens (tertiary/aromatic N) is 2. The Bertz CT molecular complexity index is 384. The number of morpholine rings is 1. The van der Waals surface area contributed by atoms with Gasteiger partial charge >= 0.3 is 0 Å². The van der Waals surface area contributed by atoms with Gasteiger partial charge < -0.3 is 15.4 Å². The number of nitrogen functional groups attached to an aromatic ring is 1. The summed E-state index contributed by atoms with van der Waals surface area (Å²) in [6.45, 7) is 5.26. The fraction of sp³-hybridized carbons (Fsp3) is 0.600. The molecule has 0 aromatic carbocycles. The fourth-order valence-corrected chi connectivity index (χ4v) is 2.75. The summed E-state index contributed by atoms with van der Waals surface area (Å²) in [5.41, 5.74) is 6.47. The molecule has 1 fully saturated rings. The number of thiazole rings is 1. The number of hydrogen-bond donors (Lipinski definition) is 2. The predicted molar refractivity (Wildman–Crippen MR) is 65.5 cm³/mol. The Kier molecular flexibility index (Phi) is 3.40. The minimum absolute atomic E-state index is 0.119. The van der Waals surface area contributed by atoms with E-state index in [1.54, 1.807) is 0 Å². The molecule has 1 saturated heterocycles. The summed E-state index contributed by atoms with van der Waals surface area (Å²) in [6.07, 6.45) is 0.815. The van der Waals surface area contributed by atoms with E-state index in [2.05, 4.69) is 9.88 Å². The van der Waals surface area contributed by atoms with Gasteiger partial charge in [-0.05, 0) is 6.42 Å². The van der Waals surface area contributed by atoms with E-state index >= 15 is 0 Å². The predicted octanol–water partition coefficient (Wildman–Crippen LogP) is 0.826. The van der Waals surface area contributed by atoms with E-state index in [0.717, 1.165) is 48.4 Å². The molecule has 6 heteroatoms. The number of rotatable bonds is 3. The van der Waals surface area contributed by atoms with Crippen molar-refractivity contribution in [2.24, 2.45) is 5.73 Å². The van der Waals surface area contributed by atoms with E-state index in [4.69, 9.17) is 15.9 Å². The van der Waals surface area contributed by atoms with Crippen molar-refractivity contribution in [2.75, 3.05) is 31.2 Å². The second-order valence-electron chi connectivity index (χ2n) is 3.64. The number of nitrogens with one attached hydrogen (secondary N) is 1. The highest BCUT2D eigenvalue weighted by Crippen LogP contribution is 2.26. The van der Waals surface area contributed by atoms with E-state index in [0.29, 0.717) is 0 Å². The molecule has 0 spiro atoms. The summed E-state index contributed by atoms with van der Waals surface area (Å²) in [6, 6.07) is 0. The molecule has 2 heterocycles. The number of hydrogen-bond acceptors (Lipinski definition) is 5. The van der Waals surface area contributed by atoms with Crippen molar-refractivity contribution in [3.05, 3.63) is 10.6 Å². The SMILES string of the molecule is CCc1nc(N2CCOCC2)sc1C(=N)N. The van der Waals surface area contributed by atoms with Gasteiger partial charge in [0.2, 0.25) is 0 Å². The minimum atomic E-state index is 0.119. The van der Waals surface area contributed by atoms with Gasteiger partial charge in [-0.25, -0.2) is 4.98 Å². The summed E-state index contributed by atoms with van der Waals surface area (Å²) in [5, 5.41) is 8.48. The Hall–Kier alpha value is -1.14. The average Bonchev–Trinajstić information content (AvgIpc) is 2.74. The van der Waals surface area contributed by atoms with E-state index in [1.807, 2.05) is 6.92 Å². The largest absolute Gasteiger partial charge is 0.383 e. The third-order valence-electron chi connectivity index (χ3n) is 2.55. The van der Waals surface area contributed by atoms with Crippen molar-refractivity contribution in [1.82, 2.24) is 4.98 Å². The maximum atomic E-state index is 7.51. The van der Waals surface area contributed by atoms with Crippen molar-refractivity contribution in [1.29, 1.82) is 5.41 Å². The molecular weight excluding hydrogens is 224 g/mol. The van der Waals surface area contributed by atoms with E-state index in [1.165, 1.54) is 11.3 Å². The first-order chi connectivity index (χ1) is 7.72. The van der Waals surface area contributed by atoms with Crippen molar-refractivity contribution in [3.8, 4) is 0 Å². The molecular formula is C10H16N4OS. The van der Waals surface area contributed by atoms with Gasteiger partial charge in [-0.3, -0.25) is 5.41 Å². The van der Waals surface area contributed by atoms with Gasteiger partial charge in [0, 0.05) is 13.1 Å². The first-order valence-electron chi connectivity index (χ1n) is 5.39. The van der Waals surface area contributed by atoms with Crippen LogP contribution in [0.15, 0.2) is 0 Å². The quantitative estimate of drug-likeness (QED) is 0.606. The smallest absolute Gasteiger partial charge is 0.186 e. The molecule has 1 aliphatic heterocycles. The van der Waals surface area contributed by atoms with Crippen LogP contribution in [0.2, 0.25) is 0 Å². The van der Waals surface area contributed by atoms with Gasteiger partial charge in [0.25, 0.3) is 0 Å². The Balaban J connectivity index is 2.24. The Morgan fingerprint density at radius 2 is 2.25 bits per heavy atom. The van der Waals surface area contributed by atoms with Gasteiger partial charge in [-0.2, -0.15) is 0 Å². The minimum Gasteiger partial charge on any atom is -0.383 e. The molecule has 0 bridgehead atoms. The molecule has 1 aliphatic rings. The molecule has 3 N–H and O–H groups in total. The van der Waals surface area contributed by atoms with Crippen molar-refractivity contribution in [2.45, 2.75) is 13.3 Å². The molecule has 1 aromatic heterocycles. The first kappa shape index (κ1) is 11.3. The molecule has 0 amide bonds. The van der Waals surface area contributed by atoms with Gasteiger partial charge in [0.15, 0.2) is 5.13 Å². The molecule has 5 nitrogen and oxygen atoms in total. The van der Waals surface area contributed by atoms with E-state index in [-0.39, 0.29) is 5.84 Å². The zero-order valence-corrected chi connectivity index (χ0v) is 10.1. The van der Waals surface area contributed by atoms with Gasteiger partial charge in [0.1, 0.15) is 5.84 Å². The molecule has 2 rings (SSSR count). The first-order valence-corrected chi connectivity index (χ1v) is 6.20. The van der Waals surface area contributed by atoms with Crippen molar-refractivity contribution < 1.29 is 4.74 Å². The highest BCUT2D eigenvalue weighted by molar-refractivity contribution is 7.17. The highest BCUT2D eigenvalue weighted by Gasteiger charge is 2.18. The third kappa shape index (κ3) is 2.17. The maximum Gasteiger partial charge on any atom is 0.186 e. The average molecular weight is 240 g/mol. The van der Waals surface area contributed by atoms with Crippen LogP contribution in [0.4, 0.5) is 5.13 Å². The van der Waals surface area contributed by atoms with Gasteiger partial charge in [-0.1, -0.05) is 18.3 Å². The standard InChI is InChI=1S/C10H16N4OS/c1-2-7-8(9(11)12)16-10(13-7)14-3-5-15-6-4-14/h2-6H2,1H3,(H3,11,12). The topological polar surface area (TPSA) is 75.2 Å². The molecule has 0 saturated carbocycles. The maximum absolute atomic E-state index is 7.51. The number of aryl methyl sites for hydroxylation is 1. The van der Waals surface area contributed by atoms with Gasteiger partial charge in [-0.15, -0.1) is 0 Å². The Labute approximate surface area is 98.7 Å². The van der Waals surface area contributed by atoms with Crippen LogP contribution < -0.4 is 10.6 Å². The highest BCUT2D eigenvalue weighted by atomic mass is 32.1. The Morgan fingerprint density at radius 1 is 1.56 bits per heavy atom. The van der Waals surface area contributed by atoms with Crippen molar-refractivity contribution in [3.63, 3.8) is 0 Å². The van der Waals surface area contributed by atoms with Gasteiger partial charge in [0.05, 0.1) is 23.8 Å². The molecule has 1 aromatic rings.